The van der Waals surface area contributed by atoms with Crippen LogP contribution in [0.5, 0.6) is 0 Å². The Bertz CT molecular complexity index is 561. The molecule has 0 heterocycles. The summed E-state index contributed by atoms with van der Waals surface area (Å²) >= 11 is 0. The van der Waals surface area contributed by atoms with Crippen molar-refractivity contribution in [1.29, 1.82) is 0 Å². The number of carboxylic acids is 1. The number of rotatable bonds is 4. The summed E-state index contributed by atoms with van der Waals surface area (Å²) in [6.45, 7) is 4.78. The van der Waals surface area contributed by atoms with Crippen LogP contribution in [-0.4, -0.2) is 22.8 Å². The zero-order valence-electron chi connectivity index (χ0n) is 12.2. The lowest BCUT2D eigenvalue weighted by Gasteiger charge is -2.23. The molecule has 0 saturated carbocycles. The predicted octanol–water partition coefficient (Wildman–Crippen LogP) is 3.14. The van der Waals surface area contributed by atoms with Gasteiger partial charge in [0.1, 0.15) is 5.60 Å². The molecule has 8 heteroatoms. The molecule has 5 nitrogen and oxygen atoms in total. The Balaban J connectivity index is 3.03. The Labute approximate surface area is 125 Å². The summed E-state index contributed by atoms with van der Waals surface area (Å²) in [5, 5.41) is 11.0. The molecule has 1 amide bonds. The van der Waals surface area contributed by atoms with Gasteiger partial charge in [0.2, 0.25) is 0 Å². The number of ether oxygens (including phenoxy) is 1. The van der Waals surface area contributed by atoms with E-state index in [-0.39, 0.29) is 5.56 Å². The predicted molar refractivity (Wildman–Crippen MR) is 70.7 cm³/mol. The van der Waals surface area contributed by atoms with Crippen LogP contribution >= 0.6 is 0 Å². The van der Waals surface area contributed by atoms with Gasteiger partial charge < -0.3 is 15.2 Å². The molecule has 1 rings (SSSR count). The lowest BCUT2D eigenvalue weighted by Crippen LogP contribution is -2.36. The van der Waals surface area contributed by atoms with Crippen LogP contribution in [0.15, 0.2) is 12.1 Å². The zero-order chi connectivity index (χ0) is 17.1. The molecule has 1 aromatic carbocycles. The Hall–Kier alpha value is -2.25. The molecule has 0 saturated heterocycles. The SMILES string of the molecule is CC(C)(C)OC(=O)N[C@H](CC(=O)O)c1cc(F)c(F)c(F)c1. The average Bonchev–Trinajstić information content (AvgIpc) is 2.31. The summed E-state index contributed by atoms with van der Waals surface area (Å²) in [6, 6.07) is -0.00999. The van der Waals surface area contributed by atoms with Gasteiger partial charge in [0, 0.05) is 0 Å². The molecule has 0 radical (unpaired) electrons. The van der Waals surface area contributed by atoms with E-state index in [0.717, 1.165) is 0 Å². The van der Waals surface area contributed by atoms with E-state index in [1.165, 1.54) is 0 Å². The summed E-state index contributed by atoms with van der Waals surface area (Å²) in [4.78, 5) is 22.5. The highest BCUT2D eigenvalue weighted by Crippen LogP contribution is 2.22. The van der Waals surface area contributed by atoms with Crippen molar-refractivity contribution in [2.75, 3.05) is 0 Å². The summed E-state index contributed by atoms with van der Waals surface area (Å²) in [5.74, 6) is -5.94. The molecule has 0 aliphatic rings. The third kappa shape index (κ3) is 5.27. The second kappa shape index (κ2) is 6.67. The first-order chi connectivity index (χ1) is 9.99. The molecular formula is C14H16F3NO4. The van der Waals surface area contributed by atoms with Crippen molar-refractivity contribution >= 4 is 12.1 Å². The van der Waals surface area contributed by atoms with Gasteiger partial charge in [-0.05, 0) is 38.5 Å². The van der Waals surface area contributed by atoms with E-state index in [1.807, 2.05) is 0 Å². The monoisotopic (exact) mass is 319 g/mol. The highest BCUT2D eigenvalue weighted by atomic mass is 19.2. The molecule has 22 heavy (non-hydrogen) atoms. The van der Waals surface area contributed by atoms with Crippen LogP contribution in [0.4, 0.5) is 18.0 Å². The van der Waals surface area contributed by atoms with E-state index >= 15 is 0 Å². The van der Waals surface area contributed by atoms with Crippen LogP contribution in [0.2, 0.25) is 0 Å². The summed E-state index contributed by atoms with van der Waals surface area (Å²) in [6.07, 6.45) is -1.60. The van der Waals surface area contributed by atoms with Gasteiger partial charge in [-0.25, -0.2) is 18.0 Å². The topological polar surface area (TPSA) is 75.6 Å². The van der Waals surface area contributed by atoms with Crippen molar-refractivity contribution in [3.05, 3.63) is 35.1 Å². The van der Waals surface area contributed by atoms with Gasteiger partial charge in [-0.3, -0.25) is 4.79 Å². The highest BCUT2D eigenvalue weighted by molar-refractivity contribution is 5.72. The molecule has 0 spiro atoms. The molecule has 0 fully saturated rings. The van der Waals surface area contributed by atoms with Gasteiger partial charge in [0.05, 0.1) is 12.5 Å². The average molecular weight is 319 g/mol. The van der Waals surface area contributed by atoms with Crippen molar-refractivity contribution in [2.45, 2.75) is 38.8 Å². The molecule has 0 unspecified atom stereocenters. The Morgan fingerprint density at radius 3 is 2.14 bits per heavy atom. The van der Waals surface area contributed by atoms with Crippen molar-refractivity contribution < 1.29 is 32.6 Å². The first-order valence-electron chi connectivity index (χ1n) is 6.35. The van der Waals surface area contributed by atoms with Gasteiger partial charge in [-0.2, -0.15) is 0 Å². The van der Waals surface area contributed by atoms with Crippen molar-refractivity contribution in [1.82, 2.24) is 5.32 Å². The first kappa shape index (κ1) is 17.8. The van der Waals surface area contributed by atoms with Gasteiger partial charge in [0.15, 0.2) is 17.5 Å². The van der Waals surface area contributed by atoms with Crippen molar-refractivity contribution in [2.24, 2.45) is 0 Å². The molecule has 0 aromatic heterocycles. The van der Waals surface area contributed by atoms with Crippen LogP contribution in [0.1, 0.15) is 38.8 Å². The highest BCUT2D eigenvalue weighted by Gasteiger charge is 2.24. The standard InChI is InChI=1S/C14H16F3NO4/c1-14(2,3)22-13(21)18-10(6-11(19)20)7-4-8(15)12(17)9(16)5-7/h4-5,10H,6H2,1-3H3,(H,18,21)(H,19,20)/t10-/m1/s1. The number of amides is 1. The zero-order valence-corrected chi connectivity index (χ0v) is 12.2. The number of carbonyl (C=O) groups is 2. The molecule has 0 aliphatic carbocycles. The van der Waals surface area contributed by atoms with Crippen LogP contribution in [0, 0.1) is 17.5 Å². The lowest BCUT2D eigenvalue weighted by molar-refractivity contribution is -0.137. The molecule has 122 valence electrons. The number of hydrogen-bond donors (Lipinski definition) is 2. The van der Waals surface area contributed by atoms with Crippen molar-refractivity contribution in [3.63, 3.8) is 0 Å². The van der Waals surface area contributed by atoms with Crippen LogP contribution < -0.4 is 5.32 Å². The van der Waals surface area contributed by atoms with Crippen molar-refractivity contribution in [3.8, 4) is 0 Å². The maximum absolute atomic E-state index is 13.2. The van der Waals surface area contributed by atoms with E-state index in [0.29, 0.717) is 12.1 Å². The molecule has 1 aromatic rings. The fourth-order valence-electron chi connectivity index (χ4n) is 1.65. The van der Waals surface area contributed by atoms with E-state index in [1.54, 1.807) is 20.8 Å². The minimum atomic E-state index is -1.67. The largest absolute Gasteiger partial charge is 0.481 e. The van der Waals surface area contributed by atoms with Crippen LogP contribution in [0.25, 0.3) is 0 Å². The molecule has 0 aliphatic heterocycles. The number of halogens is 3. The van der Waals surface area contributed by atoms with E-state index in [9.17, 15) is 22.8 Å². The third-order valence-corrected chi connectivity index (χ3v) is 2.48. The first-order valence-corrected chi connectivity index (χ1v) is 6.35. The minimum absolute atomic E-state index is 0.218. The van der Waals surface area contributed by atoms with Gasteiger partial charge in [-0.15, -0.1) is 0 Å². The Kier molecular flexibility index (Phi) is 5.40. The smallest absolute Gasteiger partial charge is 0.408 e. The fourth-order valence-corrected chi connectivity index (χ4v) is 1.65. The third-order valence-electron chi connectivity index (χ3n) is 2.48. The molecular weight excluding hydrogens is 303 g/mol. The van der Waals surface area contributed by atoms with Crippen LogP contribution in [-0.2, 0) is 9.53 Å². The lowest BCUT2D eigenvalue weighted by atomic mass is 10.0. The fraction of sp³-hybridized carbons (Fsp3) is 0.429. The maximum atomic E-state index is 13.2. The van der Waals surface area contributed by atoms with Gasteiger partial charge >= 0.3 is 12.1 Å². The summed E-state index contributed by atoms with van der Waals surface area (Å²) < 4.78 is 44.4. The molecule has 1 atom stereocenters. The summed E-state index contributed by atoms with van der Waals surface area (Å²) in [7, 11) is 0. The number of nitrogens with one attached hydrogen (secondary N) is 1. The number of hydrogen-bond acceptors (Lipinski definition) is 3. The second-order valence-corrected chi connectivity index (χ2v) is 5.60. The number of carboxylic acid groups (broad SMARTS) is 1. The second-order valence-electron chi connectivity index (χ2n) is 5.60. The van der Waals surface area contributed by atoms with E-state index < -0.39 is 47.6 Å². The maximum Gasteiger partial charge on any atom is 0.408 e. The van der Waals surface area contributed by atoms with Gasteiger partial charge in [-0.1, -0.05) is 0 Å². The summed E-state index contributed by atoms with van der Waals surface area (Å²) in [5.41, 5.74) is -1.05. The molecule has 2 N–H and O–H groups in total. The van der Waals surface area contributed by atoms with E-state index in [4.69, 9.17) is 9.84 Å². The Morgan fingerprint density at radius 2 is 1.73 bits per heavy atom. The number of carbonyl (C=O) groups excluding carboxylic acids is 1. The molecule has 0 bridgehead atoms. The van der Waals surface area contributed by atoms with Crippen LogP contribution in [0.3, 0.4) is 0 Å². The number of benzene rings is 1. The quantitative estimate of drug-likeness (QED) is 0.836. The van der Waals surface area contributed by atoms with E-state index in [2.05, 4.69) is 5.32 Å². The Morgan fingerprint density at radius 1 is 1.23 bits per heavy atom. The number of aliphatic carboxylic acids is 1. The van der Waals surface area contributed by atoms with Gasteiger partial charge in [0.25, 0.3) is 0 Å². The minimum Gasteiger partial charge on any atom is -0.481 e. The normalized spacial score (nSPS) is 12.6. The number of alkyl carbamates (subject to hydrolysis) is 1.